The predicted molar refractivity (Wildman–Crippen MR) is 70.8 cm³/mol. The topological polar surface area (TPSA) is 72.5 Å². The molecule has 1 aromatic rings. The molecular formula is C14H21NO3. The number of carboxylic acids is 1. The van der Waals surface area contributed by atoms with Gasteiger partial charge in [-0.1, -0.05) is 19.1 Å². The number of carbonyl (C=O) groups is 1. The number of rotatable bonds is 5. The highest BCUT2D eigenvalue weighted by molar-refractivity contribution is 5.69. The van der Waals surface area contributed by atoms with Crippen LogP contribution in [-0.2, 0) is 4.79 Å². The van der Waals surface area contributed by atoms with Gasteiger partial charge in [0.2, 0.25) is 0 Å². The summed E-state index contributed by atoms with van der Waals surface area (Å²) in [5.74, 6) is -0.396. The van der Waals surface area contributed by atoms with Crippen LogP contribution >= 0.6 is 0 Å². The molecule has 1 aromatic carbocycles. The van der Waals surface area contributed by atoms with Gasteiger partial charge < -0.3 is 15.6 Å². The van der Waals surface area contributed by atoms with Crippen molar-refractivity contribution >= 4 is 5.97 Å². The van der Waals surface area contributed by atoms with E-state index in [1.165, 1.54) is 0 Å². The number of hydrogen-bond donors (Lipinski definition) is 2. The average Bonchev–Trinajstić information content (AvgIpc) is 2.28. The number of ether oxygens (including phenoxy) is 1. The third-order valence-corrected chi connectivity index (χ3v) is 3.14. The Kier molecular flexibility index (Phi) is 4.73. The monoisotopic (exact) mass is 251 g/mol. The first-order valence-corrected chi connectivity index (χ1v) is 6.00. The quantitative estimate of drug-likeness (QED) is 0.843. The predicted octanol–water partition coefficient (Wildman–Crippen LogP) is 2.42. The number of aryl methyl sites for hydroxylation is 2. The third-order valence-electron chi connectivity index (χ3n) is 3.14. The van der Waals surface area contributed by atoms with Gasteiger partial charge in [-0.05, 0) is 37.0 Å². The van der Waals surface area contributed by atoms with Gasteiger partial charge in [0, 0.05) is 6.04 Å². The number of methoxy groups -OCH3 is 1. The summed E-state index contributed by atoms with van der Waals surface area (Å²) < 4.78 is 5.29. The van der Waals surface area contributed by atoms with Crippen LogP contribution in [0.25, 0.3) is 0 Å². The molecule has 0 fully saturated rings. The van der Waals surface area contributed by atoms with E-state index in [2.05, 4.69) is 0 Å². The Morgan fingerprint density at radius 3 is 2.28 bits per heavy atom. The van der Waals surface area contributed by atoms with Crippen LogP contribution in [0.2, 0.25) is 0 Å². The molecule has 2 unspecified atom stereocenters. The van der Waals surface area contributed by atoms with Crippen LogP contribution in [0.5, 0.6) is 5.75 Å². The van der Waals surface area contributed by atoms with Crippen LogP contribution in [0.4, 0.5) is 0 Å². The van der Waals surface area contributed by atoms with Crippen LogP contribution in [0.1, 0.15) is 36.1 Å². The van der Waals surface area contributed by atoms with Crippen LogP contribution in [0, 0.1) is 19.8 Å². The van der Waals surface area contributed by atoms with Gasteiger partial charge in [0.15, 0.2) is 0 Å². The molecule has 0 saturated heterocycles. The summed E-state index contributed by atoms with van der Waals surface area (Å²) >= 11 is 0. The summed E-state index contributed by atoms with van der Waals surface area (Å²) in [6, 6.07) is 3.66. The second-order valence-corrected chi connectivity index (χ2v) is 4.77. The zero-order chi connectivity index (χ0) is 13.9. The van der Waals surface area contributed by atoms with Crippen molar-refractivity contribution in [3.05, 3.63) is 28.8 Å². The van der Waals surface area contributed by atoms with E-state index in [4.69, 9.17) is 15.6 Å². The zero-order valence-corrected chi connectivity index (χ0v) is 11.4. The molecule has 3 N–H and O–H groups in total. The summed E-state index contributed by atoms with van der Waals surface area (Å²) in [4.78, 5) is 10.8. The van der Waals surface area contributed by atoms with Crippen molar-refractivity contribution in [3.63, 3.8) is 0 Å². The Balaban J connectivity index is 2.93. The van der Waals surface area contributed by atoms with Gasteiger partial charge in [-0.15, -0.1) is 0 Å². The van der Waals surface area contributed by atoms with Gasteiger partial charge >= 0.3 is 5.97 Å². The van der Waals surface area contributed by atoms with Crippen LogP contribution in [0.3, 0.4) is 0 Å². The van der Waals surface area contributed by atoms with Gasteiger partial charge in [-0.2, -0.15) is 0 Å². The van der Waals surface area contributed by atoms with E-state index in [-0.39, 0.29) is 6.04 Å². The first-order chi connectivity index (χ1) is 8.36. The summed E-state index contributed by atoms with van der Waals surface area (Å²) in [6.07, 6.45) is 0.431. The van der Waals surface area contributed by atoms with E-state index in [1.54, 1.807) is 14.0 Å². The number of nitrogens with two attached hydrogens (primary N) is 1. The van der Waals surface area contributed by atoms with Crippen LogP contribution in [0.15, 0.2) is 12.1 Å². The van der Waals surface area contributed by atoms with Crippen molar-refractivity contribution in [2.24, 2.45) is 11.7 Å². The van der Waals surface area contributed by atoms with Crippen LogP contribution < -0.4 is 10.5 Å². The Morgan fingerprint density at radius 1 is 1.39 bits per heavy atom. The fourth-order valence-corrected chi connectivity index (χ4v) is 2.14. The van der Waals surface area contributed by atoms with E-state index in [9.17, 15) is 4.79 Å². The van der Waals surface area contributed by atoms with E-state index >= 15 is 0 Å². The van der Waals surface area contributed by atoms with E-state index < -0.39 is 11.9 Å². The van der Waals surface area contributed by atoms with Crippen molar-refractivity contribution in [2.75, 3.05) is 7.11 Å². The highest BCUT2D eigenvalue weighted by atomic mass is 16.5. The van der Waals surface area contributed by atoms with Crippen LogP contribution in [-0.4, -0.2) is 18.2 Å². The van der Waals surface area contributed by atoms with Gasteiger partial charge in [0.25, 0.3) is 0 Å². The second-order valence-electron chi connectivity index (χ2n) is 4.77. The summed E-state index contributed by atoms with van der Waals surface area (Å²) in [6.45, 7) is 5.59. The minimum Gasteiger partial charge on any atom is -0.496 e. The standard InChI is InChI=1S/C14H21NO3/c1-8-5-11(6-9(2)13(8)18-4)12(15)7-10(3)14(16)17/h5-6,10,12H,7,15H2,1-4H3,(H,16,17). The lowest BCUT2D eigenvalue weighted by Crippen LogP contribution is -2.19. The summed E-state index contributed by atoms with van der Waals surface area (Å²) in [7, 11) is 1.64. The Labute approximate surface area is 108 Å². The molecule has 0 heterocycles. The number of benzene rings is 1. The maximum absolute atomic E-state index is 10.8. The Hall–Kier alpha value is -1.55. The fourth-order valence-electron chi connectivity index (χ4n) is 2.14. The molecule has 100 valence electrons. The average molecular weight is 251 g/mol. The molecule has 4 heteroatoms. The summed E-state index contributed by atoms with van der Waals surface area (Å²) in [5, 5.41) is 8.89. The SMILES string of the molecule is COc1c(C)cc(C(N)CC(C)C(=O)O)cc1C. The second kappa shape index (κ2) is 5.87. The van der Waals surface area contributed by atoms with Gasteiger partial charge in [-0.3, -0.25) is 4.79 Å². The van der Waals surface area contributed by atoms with E-state index in [0.717, 1.165) is 22.4 Å². The van der Waals surface area contributed by atoms with Crippen molar-refractivity contribution in [1.29, 1.82) is 0 Å². The molecule has 0 amide bonds. The molecule has 0 aliphatic carbocycles. The molecule has 0 radical (unpaired) electrons. The Bertz CT molecular complexity index is 420. The number of carboxylic acid groups (broad SMARTS) is 1. The number of hydrogen-bond acceptors (Lipinski definition) is 3. The zero-order valence-electron chi connectivity index (χ0n) is 11.4. The maximum Gasteiger partial charge on any atom is 0.306 e. The smallest absolute Gasteiger partial charge is 0.306 e. The molecule has 0 aromatic heterocycles. The maximum atomic E-state index is 10.8. The molecule has 0 spiro atoms. The molecule has 4 nitrogen and oxygen atoms in total. The summed E-state index contributed by atoms with van der Waals surface area (Å²) in [5.41, 5.74) is 9.05. The fraction of sp³-hybridized carbons (Fsp3) is 0.500. The first-order valence-electron chi connectivity index (χ1n) is 6.00. The molecule has 0 aliphatic heterocycles. The highest BCUT2D eigenvalue weighted by Crippen LogP contribution is 2.28. The van der Waals surface area contributed by atoms with Gasteiger partial charge in [0.05, 0.1) is 13.0 Å². The van der Waals surface area contributed by atoms with Crippen molar-refractivity contribution < 1.29 is 14.6 Å². The van der Waals surface area contributed by atoms with Gasteiger partial charge in [0.1, 0.15) is 5.75 Å². The minimum atomic E-state index is -0.813. The van der Waals surface area contributed by atoms with E-state index in [1.807, 2.05) is 26.0 Å². The lowest BCUT2D eigenvalue weighted by Gasteiger charge is -2.18. The molecule has 0 aliphatic rings. The van der Waals surface area contributed by atoms with Crippen molar-refractivity contribution in [2.45, 2.75) is 33.2 Å². The number of aliphatic carboxylic acids is 1. The lowest BCUT2D eigenvalue weighted by molar-refractivity contribution is -0.141. The third kappa shape index (κ3) is 3.23. The minimum absolute atomic E-state index is 0.264. The molecule has 1 rings (SSSR count). The lowest BCUT2D eigenvalue weighted by atomic mass is 9.94. The van der Waals surface area contributed by atoms with Crippen molar-refractivity contribution in [3.8, 4) is 5.75 Å². The molecule has 0 saturated carbocycles. The molecule has 2 atom stereocenters. The first kappa shape index (κ1) is 14.5. The Morgan fingerprint density at radius 2 is 1.89 bits per heavy atom. The normalized spacial score (nSPS) is 14.1. The molecular weight excluding hydrogens is 230 g/mol. The largest absolute Gasteiger partial charge is 0.496 e. The highest BCUT2D eigenvalue weighted by Gasteiger charge is 2.18. The van der Waals surface area contributed by atoms with Gasteiger partial charge in [-0.25, -0.2) is 0 Å². The van der Waals surface area contributed by atoms with E-state index in [0.29, 0.717) is 6.42 Å². The molecule has 18 heavy (non-hydrogen) atoms. The molecule has 0 bridgehead atoms. The van der Waals surface area contributed by atoms with Crippen molar-refractivity contribution in [1.82, 2.24) is 0 Å².